The fourth-order valence-electron chi connectivity index (χ4n) is 0.998. The Morgan fingerprint density at radius 1 is 1.00 bits per heavy atom. The minimum atomic E-state index is -1.02. The van der Waals surface area contributed by atoms with Gasteiger partial charge in [0, 0.05) is 25.9 Å². The number of carboxylic acids is 1. The van der Waals surface area contributed by atoms with Crippen molar-refractivity contribution in [1.29, 1.82) is 0 Å². The number of hydrogen-bond donors (Lipinski definition) is 3. The van der Waals surface area contributed by atoms with Crippen LogP contribution in [0.5, 0.6) is 0 Å². The van der Waals surface area contributed by atoms with Crippen LogP contribution in [0.4, 0.5) is 0 Å². The molecule has 7 nitrogen and oxygen atoms in total. The van der Waals surface area contributed by atoms with Gasteiger partial charge in [-0.2, -0.15) is 0 Å². The number of aliphatic carboxylic acids is 1. The molecular weight excluding hydrogens is 202 g/mol. The van der Waals surface area contributed by atoms with Crippen LogP contribution in [0, 0.1) is 0 Å². The molecule has 0 spiro atoms. The number of carboxylic acid groups (broad SMARTS) is 1. The summed E-state index contributed by atoms with van der Waals surface area (Å²) in [6.45, 7) is 0.199. The summed E-state index contributed by atoms with van der Waals surface area (Å²) < 4.78 is 0. The monoisotopic (exact) mass is 217 g/mol. The van der Waals surface area contributed by atoms with E-state index in [9.17, 15) is 14.4 Å². The molecule has 0 bridgehead atoms. The molecule has 0 radical (unpaired) electrons. The van der Waals surface area contributed by atoms with Crippen molar-refractivity contribution in [2.75, 3.05) is 19.6 Å². The van der Waals surface area contributed by atoms with E-state index in [4.69, 9.17) is 16.6 Å². The van der Waals surface area contributed by atoms with Gasteiger partial charge in [-0.15, -0.1) is 0 Å². The van der Waals surface area contributed by atoms with E-state index in [-0.39, 0.29) is 32.5 Å². The molecule has 0 unspecified atom stereocenters. The van der Waals surface area contributed by atoms with Crippen molar-refractivity contribution < 1.29 is 19.5 Å². The third kappa shape index (κ3) is 8.69. The lowest BCUT2D eigenvalue weighted by Gasteiger charge is -2.18. The largest absolute Gasteiger partial charge is 0.480 e. The Balaban J connectivity index is 3.99. The molecule has 0 aliphatic rings. The van der Waals surface area contributed by atoms with Crippen LogP contribution in [0.15, 0.2) is 0 Å². The van der Waals surface area contributed by atoms with Gasteiger partial charge in [0.1, 0.15) is 0 Å². The van der Waals surface area contributed by atoms with Crippen molar-refractivity contribution >= 4 is 17.8 Å². The first-order valence-corrected chi connectivity index (χ1v) is 4.42. The summed E-state index contributed by atoms with van der Waals surface area (Å²) in [5.74, 6) is -2.04. The SMILES string of the molecule is NC(=O)CCN(CCC(N)=O)CC(=O)O. The number of primary amides is 2. The number of nitrogens with zero attached hydrogens (tertiary/aromatic N) is 1. The zero-order valence-electron chi connectivity index (χ0n) is 8.31. The van der Waals surface area contributed by atoms with Crippen LogP contribution in [0.1, 0.15) is 12.8 Å². The maximum atomic E-state index is 10.5. The Bertz CT molecular complexity index is 236. The summed E-state index contributed by atoms with van der Waals surface area (Å²) in [6.07, 6.45) is 0.123. The second-order valence-corrected chi connectivity index (χ2v) is 3.10. The standard InChI is InChI=1S/C8H15N3O4/c9-6(12)1-3-11(5-8(14)15)4-2-7(10)13/h1-5H2,(H2,9,12)(H2,10,13)(H,14,15). The lowest BCUT2D eigenvalue weighted by Crippen LogP contribution is -2.35. The van der Waals surface area contributed by atoms with Crippen LogP contribution < -0.4 is 11.5 Å². The fourth-order valence-corrected chi connectivity index (χ4v) is 0.998. The van der Waals surface area contributed by atoms with Gasteiger partial charge in [-0.05, 0) is 0 Å². The molecule has 0 heterocycles. The van der Waals surface area contributed by atoms with E-state index < -0.39 is 17.8 Å². The zero-order valence-corrected chi connectivity index (χ0v) is 8.31. The number of hydrogen-bond acceptors (Lipinski definition) is 4. The third-order valence-corrected chi connectivity index (χ3v) is 1.71. The van der Waals surface area contributed by atoms with Gasteiger partial charge in [-0.3, -0.25) is 19.3 Å². The van der Waals surface area contributed by atoms with E-state index in [1.807, 2.05) is 0 Å². The first-order chi connectivity index (χ1) is 6.91. The molecule has 5 N–H and O–H groups in total. The van der Waals surface area contributed by atoms with Gasteiger partial charge in [-0.25, -0.2) is 0 Å². The molecule has 0 aromatic rings. The van der Waals surface area contributed by atoms with Gasteiger partial charge in [0.25, 0.3) is 0 Å². The Morgan fingerprint density at radius 2 is 1.40 bits per heavy atom. The van der Waals surface area contributed by atoms with Crippen LogP contribution >= 0.6 is 0 Å². The van der Waals surface area contributed by atoms with E-state index in [1.165, 1.54) is 4.90 Å². The molecule has 0 aromatic carbocycles. The molecule has 86 valence electrons. The highest BCUT2D eigenvalue weighted by atomic mass is 16.4. The molecule has 0 rings (SSSR count). The second-order valence-electron chi connectivity index (χ2n) is 3.10. The molecule has 0 fully saturated rings. The molecule has 0 saturated heterocycles. The van der Waals surface area contributed by atoms with Crippen LogP contribution in [-0.4, -0.2) is 47.4 Å². The van der Waals surface area contributed by atoms with Crippen molar-refractivity contribution in [1.82, 2.24) is 4.90 Å². The first-order valence-electron chi connectivity index (χ1n) is 4.42. The average Bonchev–Trinajstić information content (AvgIpc) is 2.08. The van der Waals surface area contributed by atoms with Gasteiger partial charge in [0.2, 0.25) is 11.8 Å². The molecule has 0 aliphatic carbocycles. The smallest absolute Gasteiger partial charge is 0.317 e. The Morgan fingerprint density at radius 3 is 1.67 bits per heavy atom. The van der Waals surface area contributed by atoms with E-state index in [1.54, 1.807) is 0 Å². The lowest BCUT2D eigenvalue weighted by molar-refractivity contribution is -0.139. The highest BCUT2D eigenvalue weighted by Crippen LogP contribution is 1.94. The maximum absolute atomic E-state index is 10.5. The highest BCUT2D eigenvalue weighted by Gasteiger charge is 2.11. The second kappa shape index (κ2) is 6.77. The number of amides is 2. The first kappa shape index (κ1) is 13.4. The topological polar surface area (TPSA) is 127 Å². The highest BCUT2D eigenvalue weighted by molar-refractivity contribution is 5.75. The molecular formula is C8H15N3O4. The van der Waals surface area contributed by atoms with Gasteiger partial charge in [0.05, 0.1) is 6.54 Å². The quantitative estimate of drug-likeness (QED) is 0.438. The molecule has 0 aliphatic heterocycles. The summed E-state index contributed by atoms with van der Waals surface area (Å²) in [5.41, 5.74) is 9.85. The van der Waals surface area contributed by atoms with E-state index in [0.717, 1.165) is 0 Å². The predicted octanol–water partition coefficient (Wildman–Crippen LogP) is -1.88. The summed E-state index contributed by atoms with van der Waals surface area (Å²) in [4.78, 5) is 32.8. The maximum Gasteiger partial charge on any atom is 0.317 e. The van der Waals surface area contributed by atoms with Gasteiger partial charge < -0.3 is 16.6 Å². The zero-order chi connectivity index (χ0) is 11.8. The minimum Gasteiger partial charge on any atom is -0.480 e. The predicted molar refractivity (Wildman–Crippen MR) is 51.7 cm³/mol. The lowest BCUT2D eigenvalue weighted by atomic mass is 10.3. The molecule has 7 heteroatoms. The Kier molecular flexibility index (Phi) is 6.03. The normalized spacial score (nSPS) is 10.2. The number of carbonyl (C=O) groups excluding carboxylic acids is 2. The van der Waals surface area contributed by atoms with Crippen LogP contribution in [0.25, 0.3) is 0 Å². The Hall–Kier alpha value is -1.63. The number of rotatable bonds is 8. The molecule has 2 amide bonds. The molecule has 0 atom stereocenters. The van der Waals surface area contributed by atoms with E-state index in [0.29, 0.717) is 0 Å². The van der Waals surface area contributed by atoms with Gasteiger partial charge in [0.15, 0.2) is 0 Å². The third-order valence-electron chi connectivity index (χ3n) is 1.71. The minimum absolute atomic E-state index is 0.0615. The van der Waals surface area contributed by atoms with Crippen molar-refractivity contribution in [2.45, 2.75) is 12.8 Å². The van der Waals surface area contributed by atoms with Crippen LogP contribution in [0.3, 0.4) is 0 Å². The van der Waals surface area contributed by atoms with E-state index >= 15 is 0 Å². The Labute approximate surface area is 87.0 Å². The summed E-state index contributed by atoms with van der Waals surface area (Å²) in [6, 6.07) is 0. The van der Waals surface area contributed by atoms with Crippen molar-refractivity contribution in [3.63, 3.8) is 0 Å². The van der Waals surface area contributed by atoms with Crippen LogP contribution in [0.2, 0.25) is 0 Å². The van der Waals surface area contributed by atoms with Crippen LogP contribution in [-0.2, 0) is 14.4 Å². The summed E-state index contributed by atoms with van der Waals surface area (Å²) in [7, 11) is 0. The van der Waals surface area contributed by atoms with E-state index in [2.05, 4.69) is 0 Å². The molecule has 0 aromatic heterocycles. The van der Waals surface area contributed by atoms with Gasteiger partial charge in [-0.1, -0.05) is 0 Å². The molecule has 15 heavy (non-hydrogen) atoms. The summed E-state index contributed by atoms with van der Waals surface area (Å²) >= 11 is 0. The number of nitrogens with two attached hydrogens (primary N) is 2. The average molecular weight is 217 g/mol. The van der Waals surface area contributed by atoms with Gasteiger partial charge >= 0.3 is 5.97 Å². The summed E-state index contributed by atoms with van der Waals surface area (Å²) in [5, 5.41) is 8.54. The fraction of sp³-hybridized carbons (Fsp3) is 0.625. The van der Waals surface area contributed by atoms with Crippen molar-refractivity contribution in [3.05, 3.63) is 0 Å². The van der Waals surface area contributed by atoms with Crippen molar-refractivity contribution in [3.8, 4) is 0 Å². The molecule has 0 saturated carbocycles. The van der Waals surface area contributed by atoms with Crippen molar-refractivity contribution in [2.24, 2.45) is 11.5 Å². The number of carbonyl (C=O) groups is 3.